The van der Waals surface area contributed by atoms with E-state index in [4.69, 9.17) is 0 Å². The molecule has 1 aliphatic heterocycles. The van der Waals surface area contributed by atoms with E-state index in [0.717, 1.165) is 0 Å². The van der Waals surface area contributed by atoms with E-state index in [2.05, 4.69) is 10.00 Å². The highest BCUT2D eigenvalue weighted by Gasteiger charge is 2.36. The fraction of sp³-hybridized carbons (Fsp3) is 0.692. The third kappa shape index (κ3) is 2.64. The van der Waals surface area contributed by atoms with E-state index in [1.807, 2.05) is 25.9 Å². The number of carbonyl (C=O) groups is 1. The first kappa shape index (κ1) is 14.0. The number of aliphatic hydroxyl groups is 1. The van der Waals surface area contributed by atoms with E-state index in [-0.39, 0.29) is 24.5 Å². The van der Waals surface area contributed by atoms with Crippen LogP contribution in [-0.2, 0) is 6.54 Å². The van der Waals surface area contributed by atoms with Crippen LogP contribution >= 0.6 is 0 Å². The smallest absolute Gasteiger partial charge is 0.272 e. The molecule has 6 nitrogen and oxygen atoms in total. The lowest BCUT2D eigenvalue weighted by atomic mass is 10.0. The van der Waals surface area contributed by atoms with Gasteiger partial charge in [-0.3, -0.25) is 9.48 Å². The number of aromatic nitrogens is 2. The van der Waals surface area contributed by atoms with Gasteiger partial charge in [-0.1, -0.05) is 0 Å². The average Bonchev–Trinajstić information content (AvgIpc) is 3.03. The number of likely N-dealkylation sites (tertiary alicyclic amines) is 1. The van der Waals surface area contributed by atoms with Crippen LogP contribution in [0.15, 0.2) is 12.3 Å². The van der Waals surface area contributed by atoms with E-state index in [1.165, 1.54) is 0 Å². The summed E-state index contributed by atoms with van der Waals surface area (Å²) in [6.07, 6.45) is 1.65. The molecule has 19 heavy (non-hydrogen) atoms. The predicted octanol–water partition coefficient (Wildman–Crippen LogP) is -0.103. The van der Waals surface area contributed by atoms with E-state index in [9.17, 15) is 9.90 Å². The molecule has 1 amide bonds. The van der Waals surface area contributed by atoms with Crippen LogP contribution in [0.2, 0.25) is 0 Å². The topological polar surface area (TPSA) is 61.6 Å². The van der Waals surface area contributed by atoms with Gasteiger partial charge >= 0.3 is 0 Å². The fourth-order valence-corrected chi connectivity index (χ4v) is 2.71. The van der Waals surface area contributed by atoms with Crippen LogP contribution in [-0.4, -0.2) is 70.4 Å². The zero-order chi connectivity index (χ0) is 14.0. The molecule has 1 N–H and O–H groups in total. The summed E-state index contributed by atoms with van der Waals surface area (Å²) in [6, 6.07) is 1.97. The standard InChI is InChI=1S/C13H22N4O2/c1-4-17-11(5-6-14-17)13(19)16-7-10(9-18)12(8-16)15(2)3/h5-6,10,12,18H,4,7-9H2,1-3H3/t10-,12+/m0/s1. The van der Waals surface area contributed by atoms with Gasteiger partial charge in [0.15, 0.2) is 0 Å². The maximum atomic E-state index is 12.5. The van der Waals surface area contributed by atoms with Crippen molar-refractivity contribution in [2.24, 2.45) is 5.92 Å². The largest absolute Gasteiger partial charge is 0.396 e. The first-order valence-corrected chi connectivity index (χ1v) is 6.66. The lowest BCUT2D eigenvalue weighted by Gasteiger charge is -2.23. The molecule has 0 bridgehead atoms. The predicted molar refractivity (Wildman–Crippen MR) is 71.9 cm³/mol. The number of amides is 1. The monoisotopic (exact) mass is 266 g/mol. The van der Waals surface area contributed by atoms with Crippen molar-refractivity contribution in [2.45, 2.75) is 19.5 Å². The fourth-order valence-electron chi connectivity index (χ4n) is 2.71. The third-order valence-corrected chi connectivity index (χ3v) is 3.83. The Morgan fingerprint density at radius 3 is 2.79 bits per heavy atom. The van der Waals surface area contributed by atoms with Crippen molar-refractivity contribution in [2.75, 3.05) is 33.8 Å². The summed E-state index contributed by atoms with van der Waals surface area (Å²) in [5.41, 5.74) is 0.624. The Labute approximate surface area is 113 Å². The van der Waals surface area contributed by atoms with Crippen molar-refractivity contribution >= 4 is 5.91 Å². The first-order valence-electron chi connectivity index (χ1n) is 6.66. The Kier molecular flexibility index (Phi) is 4.21. The van der Waals surface area contributed by atoms with Gasteiger partial charge in [0.25, 0.3) is 5.91 Å². The minimum absolute atomic E-state index is 0.00199. The number of nitrogens with zero attached hydrogens (tertiary/aromatic N) is 4. The summed E-state index contributed by atoms with van der Waals surface area (Å²) < 4.78 is 1.71. The molecule has 0 aromatic carbocycles. The first-order chi connectivity index (χ1) is 9.08. The molecule has 106 valence electrons. The quantitative estimate of drug-likeness (QED) is 0.826. The highest BCUT2D eigenvalue weighted by molar-refractivity contribution is 5.92. The molecule has 0 spiro atoms. The molecular weight excluding hydrogens is 244 g/mol. The molecule has 1 aromatic heterocycles. The summed E-state index contributed by atoms with van der Waals surface area (Å²) in [5.74, 6) is 0.124. The lowest BCUT2D eigenvalue weighted by Crippen LogP contribution is -2.37. The van der Waals surface area contributed by atoms with Crippen LogP contribution in [0.4, 0.5) is 0 Å². The van der Waals surface area contributed by atoms with E-state index in [1.54, 1.807) is 16.9 Å². The maximum Gasteiger partial charge on any atom is 0.272 e. The number of likely N-dealkylation sites (N-methyl/N-ethyl adjacent to an activating group) is 1. The van der Waals surface area contributed by atoms with Crippen molar-refractivity contribution in [3.63, 3.8) is 0 Å². The molecule has 0 aliphatic carbocycles. The van der Waals surface area contributed by atoms with Gasteiger partial charge in [-0.2, -0.15) is 5.10 Å². The summed E-state index contributed by atoms with van der Waals surface area (Å²) in [4.78, 5) is 16.4. The Hall–Kier alpha value is -1.40. The Balaban J connectivity index is 2.13. The maximum absolute atomic E-state index is 12.5. The van der Waals surface area contributed by atoms with Crippen LogP contribution in [0.25, 0.3) is 0 Å². The van der Waals surface area contributed by atoms with Crippen molar-refractivity contribution in [3.05, 3.63) is 18.0 Å². The SMILES string of the molecule is CCn1nccc1C(=O)N1C[C@@H](CO)[C@H](N(C)C)C1. The van der Waals surface area contributed by atoms with Gasteiger partial charge in [-0.05, 0) is 27.1 Å². The van der Waals surface area contributed by atoms with Gasteiger partial charge in [-0.25, -0.2) is 0 Å². The average molecular weight is 266 g/mol. The second-order valence-electron chi connectivity index (χ2n) is 5.22. The van der Waals surface area contributed by atoms with Crippen molar-refractivity contribution in [1.29, 1.82) is 0 Å². The van der Waals surface area contributed by atoms with Crippen LogP contribution in [0.5, 0.6) is 0 Å². The molecule has 2 rings (SSSR count). The molecule has 0 saturated carbocycles. The Morgan fingerprint density at radius 2 is 2.26 bits per heavy atom. The number of hydrogen-bond donors (Lipinski definition) is 1. The summed E-state index contributed by atoms with van der Waals surface area (Å²) >= 11 is 0. The van der Waals surface area contributed by atoms with Crippen LogP contribution in [0.3, 0.4) is 0 Å². The van der Waals surface area contributed by atoms with E-state index >= 15 is 0 Å². The van der Waals surface area contributed by atoms with E-state index in [0.29, 0.717) is 25.3 Å². The van der Waals surface area contributed by atoms with Gasteiger partial charge in [0.05, 0.1) is 0 Å². The molecule has 1 aromatic rings. The highest BCUT2D eigenvalue weighted by Crippen LogP contribution is 2.22. The van der Waals surface area contributed by atoms with Crippen LogP contribution in [0, 0.1) is 5.92 Å². The molecular formula is C13H22N4O2. The van der Waals surface area contributed by atoms with Crippen molar-refractivity contribution in [3.8, 4) is 0 Å². The Morgan fingerprint density at radius 1 is 1.53 bits per heavy atom. The van der Waals surface area contributed by atoms with Gasteiger partial charge in [-0.15, -0.1) is 0 Å². The molecule has 2 heterocycles. The van der Waals surface area contributed by atoms with Crippen LogP contribution < -0.4 is 0 Å². The highest BCUT2D eigenvalue weighted by atomic mass is 16.3. The summed E-state index contributed by atoms with van der Waals surface area (Å²) in [7, 11) is 3.97. The number of aryl methyl sites for hydroxylation is 1. The molecule has 1 saturated heterocycles. The zero-order valence-corrected chi connectivity index (χ0v) is 11.8. The second-order valence-corrected chi connectivity index (χ2v) is 5.22. The van der Waals surface area contributed by atoms with Crippen LogP contribution in [0.1, 0.15) is 17.4 Å². The number of rotatable bonds is 4. The number of aliphatic hydroxyl groups excluding tert-OH is 1. The third-order valence-electron chi connectivity index (χ3n) is 3.83. The lowest BCUT2D eigenvalue weighted by molar-refractivity contribution is 0.0766. The van der Waals surface area contributed by atoms with Crippen molar-refractivity contribution in [1.82, 2.24) is 19.6 Å². The minimum Gasteiger partial charge on any atom is -0.396 e. The molecule has 0 unspecified atom stereocenters. The number of carbonyl (C=O) groups excluding carboxylic acids is 1. The van der Waals surface area contributed by atoms with E-state index < -0.39 is 0 Å². The van der Waals surface area contributed by atoms with Gasteiger partial charge in [0.2, 0.25) is 0 Å². The van der Waals surface area contributed by atoms with Gasteiger partial charge in [0, 0.05) is 44.4 Å². The Bertz CT molecular complexity index is 444. The summed E-state index contributed by atoms with van der Waals surface area (Å²) in [5, 5.41) is 13.6. The summed E-state index contributed by atoms with van der Waals surface area (Å²) in [6.45, 7) is 4.02. The minimum atomic E-state index is 0.00199. The molecule has 1 fully saturated rings. The van der Waals surface area contributed by atoms with Crippen molar-refractivity contribution < 1.29 is 9.90 Å². The second kappa shape index (κ2) is 5.71. The number of hydrogen-bond acceptors (Lipinski definition) is 4. The molecule has 6 heteroatoms. The molecule has 2 atom stereocenters. The molecule has 0 radical (unpaired) electrons. The van der Waals surface area contributed by atoms with Gasteiger partial charge < -0.3 is 14.9 Å². The molecule has 1 aliphatic rings. The zero-order valence-electron chi connectivity index (χ0n) is 11.8. The normalized spacial score (nSPS) is 23.3. The van der Waals surface area contributed by atoms with Gasteiger partial charge in [0.1, 0.15) is 5.69 Å².